The molecule has 0 saturated heterocycles. The van der Waals surface area contributed by atoms with Gasteiger partial charge in [-0.25, -0.2) is 14.5 Å². The van der Waals surface area contributed by atoms with Gasteiger partial charge in [0.2, 0.25) is 0 Å². The van der Waals surface area contributed by atoms with Gasteiger partial charge in [0, 0.05) is 17.3 Å². The van der Waals surface area contributed by atoms with Gasteiger partial charge in [-0.15, -0.1) is 0 Å². The van der Waals surface area contributed by atoms with Crippen LogP contribution in [0.1, 0.15) is 5.56 Å². The van der Waals surface area contributed by atoms with Crippen molar-refractivity contribution in [2.45, 2.75) is 0 Å². The van der Waals surface area contributed by atoms with Gasteiger partial charge < -0.3 is 4.74 Å². The lowest BCUT2D eigenvalue weighted by atomic mass is 10.1. The molecule has 4 rings (SSSR count). The second kappa shape index (κ2) is 10.3. The summed E-state index contributed by atoms with van der Waals surface area (Å²) < 4.78 is 20.5. The van der Waals surface area contributed by atoms with Gasteiger partial charge in [-0.2, -0.15) is 10.2 Å². The minimum atomic E-state index is -0.485. The number of ether oxygens (including phenoxy) is 1. The molecule has 0 fully saturated rings. The smallest absolute Gasteiger partial charge is 0.277 e. The van der Waals surface area contributed by atoms with E-state index in [1.54, 1.807) is 41.2 Å². The first-order chi connectivity index (χ1) is 16.0. The van der Waals surface area contributed by atoms with Crippen LogP contribution in [-0.4, -0.2) is 28.5 Å². The number of hydrazone groups is 1. The van der Waals surface area contributed by atoms with Gasteiger partial charge in [0.05, 0.1) is 16.9 Å². The summed E-state index contributed by atoms with van der Waals surface area (Å²) in [5, 5.41) is 9.18. The molecule has 0 saturated carbocycles. The number of hydrogen-bond donors (Lipinski definition) is 1. The lowest BCUT2D eigenvalue weighted by Gasteiger charge is -2.07. The Hall–Kier alpha value is -3.68. The highest BCUT2D eigenvalue weighted by Gasteiger charge is 2.12. The molecule has 0 atom stereocenters. The summed E-state index contributed by atoms with van der Waals surface area (Å²) >= 11 is 12.0. The number of para-hydroxylation sites is 1. The van der Waals surface area contributed by atoms with E-state index in [1.165, 1.54) is 18.3 Å². The second-order valence-electron chi connectivity index (χ2n) is 6.85. The van der Waals surface area contributed by atoms with Crippen molar-refractivity contribution in [2.24, 2.45) is 5.10 Å². The Bertz CT molecular complexity index is 1290. The predicted octanol–water partition coefficient (Wildman–Crippen LogP) is 5.51. The van der Waals surface area contributed by atoms with E-state index in [1.807, 2.05) is 30.3 Å². The third-order valence-electron chi connectivity index (χ3n) is 4.55. The quantitative estimate of drug-likeness (QED) is 0.278. The van der Waals surface area contributed by atoms with Crippen LogP contribution in [0.25, 0.3) is 16.9 Å². The summed E-state index contributed by atoms with van der Waals surface area (Å²) in [6.45, 7) is -0.300. The summed E-state index contributed by atoms with van der Waals surface area (Å²) in [6.07, 6.45) is 3.24. The fraction of sp³-hybridized carbons (Fsp3) is 0.0417. The molecule has 1 amide bonds. The monoisotopic (exact) mass is 482 g/mol. The standard InChI is InChI=1S/C24H17Cl2FN4O2/c25-20-7-4-8-21(23(20)26)33-15-22(32)29-28-13-17-14-31(19-5-2-1-3-6-19)30-24(17)16-9-11-18(27)12-10-16/h1-14H,15H2,(H,29,32)/b28-13-. The van der Waals surface area contributed by atoms with Gasteiger partial charge in [-0.1, -0.05) is 47.5 Å². The van der Waals surface area contributed by atoms with E-state index in [-0.39, 0.29) is 17.4 Å². The molecule has 0 unspecified atom stereocenters. The Labute approximate surface area is 199 Å². The summed E-state index contributed by atoms with van der Waals surface area (Å²) in [5.41, 5.74) is 5.17. The topological polar surface area (TPSA) is 68.5 Å². The van der Waals surface area contributed by atoms with Crippen LogP contribution in [0.3, 0.4) is 0 Å². The zero-order valence-corrected chi connectivity index (χ0v) is 18.6. The van der Waals surface area contributed by atoms with Crippen molar-refractivity contribution in [2.75, 3.05) is 6.61 Å². The van der Waals surface area contributed by atoms with Crippen LogP contribution in [0.15, 0.2) is 84.1 Å². The molecule has 166 valence electrons. The highest BCUT2D eigenvalue weighted by Crippen LogP contribution is 2.31. The van der Waals surface area contributed by atoms with Crippen LogP contribution in [0.2, 0.25) is 10.0 Å². The Balaban J connectivity index is 1.50. The van der Waals surface area contributed by atoms with Crippen LogP contribution in [0, 0.1) is 5.82 Å². The van der Waals surface area contributed by atoms with Gasteiger partial charge in [-0.05, 0) is 48.5 Å². The number of nitrogens with one attached hydrogen (secondary N) is 1. The van der Waals surface area contributed by atoms with Crippen molar-refractivity contribution in [1.29, 1.82) is 0 Å². The van der Waals surface area contributed by atoms with E-state index in [9.17, 15) is 9.18 Å². The Morgan fingerprint density at radius 2 is 1.82 bits per heavy atom. The van der Waals surface area contributed by atoms with Crippen molar-refractivity contribution < 1.29 is 13.9 Å². The molecule has 33 heavy (non-hydrogen) atoms. The van der Waals surface area contributed by atoms with Crippen LogP contribution in [-0.2, 0) is 4.79 Å². The Morgan fingerprint density at radius 3 is 2.58 bits per heavy atom. The van der Waals surface area contributed by atoms with E-state index in [2.05, 4.69) is 15.6 Å². The second-order valence-corrected chi connectivity index (χ2v) is 7.64. The molecule has 3 aromatic carbocycles. The van der Waals surface area contributed by atoms with Crippen molar-refractivity contribution in [1.82, 2.24) is 15.2 Å². The molecule has 0 bridgehead atoms. The van der Waals surface area contributed by atoms with Crippen LogP contribution in [0.5, 0.6) is 5.75 Å². The highest BCUT2D eigenvalue weighted by atomic mass is 35.5. The summed E-state index contributed by atoms with van der Waals surface area (Å²) in [6, 6.07) is 20.4. The number of aromatic nitrogens is 2. The number of halogens is 3. The first-order valence-corrected chi connectivity index (χ1v) is 10.6. The van der Waals surface area contributed by atoms with Crippen molar-refractivity contribution in [3.63, 3.8) is 0 Å². The van der Waals surface area contributed by atoms with Gasteiger partial charge >= 0.3 is 0 Å². The van der Waals surface area contributed by atoms with E-state index in [4.69, 9.17) is 27.9 Å². The molecule has 0 spiro atoms. The average molecular weight is 483 g/mol. The number of carbonyl (C=O) groups excluding carboxylic acids is 1. The van der Waals surface area contributed by atoms with E-state index in [0.717, 1.165) is 5.69 Å². The molecule has 0 aliphatic heterocycles. The van der Waals surface area contributed by atoms with Crippen molar-refractivity contribution in [3.8, 4) is 22.7 Å². The van der Waals surface area contributed by atoms with Crippen LogP contribution in [0.4, 0.5) is 4.39 Å². The molecule has 6 nitrogen and oxygen atoms in total. The molecule has 1 N–H and O–H groups in total. The zero-order chi connectivity index (χ0) is 23.2. The first-order valence-electron chi connectivity index (χ1n) is 9.81. The molecular formula is C24H17Cl2FN4O2. The lowest BCUT2D eigenvalue weighted by Crippen LogP contribution is -2.24. The summed E-state index contributed by atoms with van der Waals surface area (Å²) in [7, 11) is 0. The van der Waals surface area contributed by atoms with Crippen LogP contribution >= 0.6 is 23.2 Å². The fourth-order valence-corrected chi connectivity index (χ4v) is 3.32. The number of carbonyl (C=O) groups is 1. The zero-order valence-electron chi connectivity index (χ0n) is 17.1. The van der Waals surface area contributed by atoms with Crippen molar-refractivity contribution in [3.05, 3.63) is 100 Å². The van der Waals surface area contributed by atoms with Gasteiger partial charge in [-0.3, -0.25) is 4.79 Å². The number of amides is 1. The van der Waals surface area contributed by atoms with E-state index in [0.29, 0.717) is 27.6 Å². The van der Waals surface area contributed by atoms with Gasteiger partial charge in [0.1, 0.15) is 22.3 Å². The molecule has 0 aliphatic rings. The normalized spacial score (nSPS) is 11.0. The van der Waals surface area contributed by atoms with E-state index >= 15 is 0 Å². The highest BCUT2D eigenvalue weighted by molar-refractivity contribution is 6.42. The number of nitrogens with zero attached hydrogens (tertiary/aromatic N) is 3. The summed E-state index contributed by atoms with van der Waals surface area (Å²) in [5.74, 6) is -0.532. The SMILES string of the molecule is O=C(COc1cccc(Cl)c1Cl)N/N=C\c1cn(-c2ccccc2)nc1-c1ccc(F)cc1. The largest absolute Gasteiger partial charge is 0.482 e. The lowest BCUT2D eigenvalue weighted by molar-refractivity contribution is -0.123. The molecule has 0 aliphatic carbocycles. The van der Waals surface area contributed by atoms with Crippen LogP contribution < -0.4 is 10.2 Å². The molecule has 9 heteroatoms. The minimum absolute atomic E-state index is 0.229. The molecule has 4 aromatic rings. The maximum atomic E-state index is 13.4. The third-order valence-corrected chi connectivity index (χ3v) is 5.35. The van der Waals surface area contributed by atoms with Crippen molar-refractivity contribution >= 4 is 35.3 Å². The minimum Gasteiger partial charge on any atom is -0.482 e. The Kier molecular flexibility index (Phi) is 7.02. The van der Waals surface area contributed by atoms with Gasteiger partial charge in [0.15, 0.2) is 6.61 Å². The predicted molar refractivity (Wildman–Crippen MR) is 127 cm³/mol. The molecule has 1 heterocycles. The van der Waals surface area contributed by atoms with Gasteiger partial charge in [0.25, 0.3) is 5.91 Å². The first kappa shape index (κ1) is 22.5. The number of benzene rings is 3. The molecule has 1 aromatic heterocycles. The number of hydrogen-bond acceptors (Lipinski definition) is 4. The third kappa shape index (κ3) is 5.58. The fourth-order valence-electron chi connectivity index (χ4n) is 2.97. The Morgan fingerprint density at radius 1 is 1.06 bits per heavy atom. The summed E-state index contributed by atoms with van der Waals surface area (Å²) in [4.78, 5) is 12.1. The average Bonchev–Trinajstić information content (AvgIpc) is 3.25. The maximum absolute atomic E-state index is 13.4. The number of rotatable bonds is 7. The van der Waals surface area contributed by atoms with E-state index < -0.39 is 5.91 Å². The molecule has 0 radical (unpaired) electrons. The molecular weight excluding hydrogens is 466 g/mol. The maximum Gasteiger partial charge on any atom is 0.277 e.